The van der Waals surface area contributed by atoms with Crippen LogP contribution in [0.2, 0.25) is 0 Å². The zero-order valence-corrected chi connectivity index (χ0v) is 11.8. The molecule has 0 amide bonds. The van der Waals surface area contributed by atoms with Crippen molar-refractivity contribution in [2.75, 3.05) is 0 Å². The molecule has 5 fully saturated rings. The van der Waals surface area contributed by atoms with E-state index in [1.54, 1.807) is 0 Å². The highest BCUT2D eigenvalue weighted by Gasteiger charge is 2.71. The number of hydrogen-bond acceptors (Lipinski definition) is 3. The summed E-state index contributed by atoms with van der Waals surface area (Å²) in [6.45, 7) is 0. The van der Waals surface area contributed by atoms with E-state index in [4.69, 9.17) is 4.74 Å². The van der Waals surface area contributed by atoms with Gasteiger partial charge in [-0.3, -0.25) is 4.79 Å². The Morgan fingerprint density at radius 1 is 1.05 bits per heavy atom. The van der Waals surface area contributed by atoms with Crippen LogP contribution in [0.1, 0.15) is 44.9 Å². The molecule has 4 saturated carbocycles. The highest BCUT2D eigenvalue weighted by atomic mass is 16.6. The van der Waals surface area contributed by atoms with Gasteiger partial charge in [0.05, 0.1) is 6.07 Å². The van der Waals surface area contributed by atoms with Crippen molar-refractivity contribution in [2.24, 2.45) is 40.9 Å². The van der Waals surface area contributed by atoms with Crippen molar-refractivity contribution < 1.29 is 9.53 Å². The number of nitrogens with zero attached hydrogens (tertiary/aromatic N) is 1. The normalized spacial score (nSPS) is 58.8. The summed E-state index contributed by atoms with van der Waals surface area (Å²) in [5, 5.41) is 10.00. The molecule has 5 aliphatic rings. The first-order valence-electron chi connectivity index (χ1n) is 8.36. The lowest BCUT2D eigenvalue weighted by molar-refractivity contribution is -0.150. The topological polar surface area (TPSA) is 50.1 Å². The smallest absolute Gasteiger partial charge is 0.327 e. The van der Waals surface area contributed by atoms with Crippen LogP contribution in [0.3, 0.4) is 0 Å². The monoisotopic (exact) mass is 271 g/mol. The van der Waals surface area contributed by atoms with Crippen LogP contribution in [0.5, 0.6) is 0 Å². The molecule has 0 N–H and O–H groups in total. The van der Waals surface area contributed by atoms with Gasteiger partial charge in [0.2, 0.25) is 0 Å². The first-order chi connectivity index (χ1) is 9.74. The van der Waals surface area contributed by atoms with Gasteiger partial charge in [0, 0.05) is 5.92 Å². The lowest BCUT2D eigenvalue weighted by Gasteiger charge is -2.38. The van der Waals surface area contributed by atoms with E-state index in [-0.39, 0.29) is 18.0 Å². The molecule has 0 aromatic heterocycles. The number of fused-ring (bicyclic) bond motifs is 7. The van der Waals surface area contributed by atoms with E-state index >= 15 is 0 Å². The summed E-state index contributed by atoms with van der Waals surface area (Å²) in [7, 11) is 0. The maximum atomic E-state index is 12.7. The molecule has 4 aliphatic carbocycles. The third kappa shape index (κ3) is 1.13. The van der Waals surface area contributed by atoms with Crippen LogP contribution in [0.15, 0.2) is 0 Å². The van der Waals surface area contributed by atoms with Crippen molar-refractivity contribution >= 4 is 5.97 Å². The molecule has 0 aromatic rings. The van der Waals surface area contributed by atoms with Crippen molar-refractivity contribution in [2.45, 2.75) is 51.0 Å². The minimum Gasteiger partial charge on any atom is -0.460 e. The second kappa shape index (κ2) is 3.59. The number of esters is 1. The van der Waals surface area contributed by atoms with E-state index in [1.807, 2.05) is 0 Å². The molecule has 3 nitrogen and oxygen atoms in total. The number of ether oxygens (including phenoxy) is 1. The molecule has 20 heavy (non-hydrogen) atoms. The minimum absolute atomic E-state index is 0.0834. The van der Waals surface area contributed by atoms with Crippen LogP contribution in [-0.4, -0.2) is 12.1 Å². The Morgan fingerprint density at radius 2 is 1.85 bits per heavy atom. The van der Waals surface area contributed by atoms with Crippen LogP contribution < -0.4 is 0 Å². The summed E-state index contributed by atoms with van der Waals surface area (Å²) < 4.78 is 5.78. The molecule has 1 aliphatic heterocycles. The van der Waals surface area contributed by atoms with E-state index < -0.39 is 5.41 Å². The molecule has 8 unspecified atom stereocenters. The zero-order chi connectivity index (χ0) is 13.5. The molecule has 4 bridgehead atoms. The van der Waals surface area contributed by atoms with Gasteiger partial charge in [-0.05, 0) is 68.1 Å². The second-order valence-electron chi connectivity index (χ2n) is 7.99. The van der Waals surface area contributed by atoms with E-state index in [9.17, 15) is 10.1 Å². The molecular formula is C17H21NO2. The fourth-order valence-electron chi connectivity index (χ4n) is 6.80. The quantitative estimate of drug-likeness (QED) is 0.689. The van der Waals surface area contributed by atoms with Crippen LogP contribution in [0, 0.1) is 52.3 Å². The molecule has 1 heterocycles. The highest BCUT2D eigenvalue weighted by Crippen LogP contribution is 2.66. The van der Waals surface area contributed by atoms with Gasteiger partial charge in [0.15, 0.2) is 5.41 Å². The minimum atomic E-state index is -0.773. The molecular weight excluding hydrogens is 250 g/mol. The Hall–Kier alpha value is -1.04. The van der Waals surface area contributed by atoms with Gasteiger partial charge in [-0.25, -0.2) is 0 Å². The lowest BCUT2D eigenvalue weighted by Crippen LogP contribution is -2.45. The summed E-state index contributed by atoms with van der Waals surface area (Å²) in [6.07, 6.45) is 8.62. The van der Waals surface area contributed by atoms with Gasteiger partial charge >= 0.3 is 5.97 Å². The third-order valence-corrected chi connectivity index (χ3v) is 7.45. The number of nitriles is 1. The first kappa shape index (κ1) is 11.6. The SMILES string of the molecule is N#CC1(C2CC3CCC2C3)C(=O)OC2C3CCC(C3)C21. The van der Waals surface area contributed by atoms with Gasteiger partial charge in [-0.2, -0.15) is 5.26 Å². The average molecular weight is 271 g/mol. The Kier molecular flexibility index (Phi) is 2.08. The summed E-state index contributed by atoms with van der Waals surface area (Å²) in [5.74, 6) is 2.91. The number of rotatable bonds is 1. The molecule has 3 heteroatoms. The molecule has 0 aromatic carbocycles. The Labute approximate surface area is 119 Å². The van der Waals surface area contributed by atoms with Gasteiger partial charge in [0.25, 0.3) is 0 Å². The van der Waals surface area contributed by atoms with E-state index in [2.05, 4.69) is 6.07 Å². The fourth-order valence-corrected chi connectivity index (χ4v) is 6.80. The van der Waals surface area contributed by atoms with Crippen molar-refractivity contribution in [3.63, 3.8) is 0 Å². The summed E-state index contributed by atoms with van der Waals surface area (Å²) in [6, 6.07) is 2.54. The zero-order valence-electron chi connectivity index (χ0n) is 11.8. The van der Waals surface area contributed by atoms with Crippen LogP contribution in [0.4, 0.5) is 0 Å². The first-order valence-corrected chi connectivity index (χ1v) is 8.36. The summed E-state index contributed by atoms with van der Waals surface area (Å²) >= 11 is 0. The second-order valence-corrected chi connectivity index (χ2v) is 7.99. The largest absolute Gasteiger partial charge is 0.460 e. The maximum absolute atomic E-state index is 12.7. The van der Waals surface area contributed by atoms with Crippen LogP contribution >= 0.6 is 0 Å². The average Bonchev–Trinajstić information content (AvgIpc) is 3.23. The predicted molar refractivity (Wildman–Crippen MR) is 71.2 cm³/mol. The molecule has 0 spiro atoms. The Bertz CT molecular complexity index is 524. The third-order valence-electron chi connectivity index (χ3n) is 7.45. The van der Waals surface area contributed by atoms with Crippen molar-refractivity contribution in [3.05, 3.63) is 0 Å². The van der Waals surface area contributed by atoms with E-state index in [0.29, 0.717) is 23.7 Å². The van der Waals surface area contributed by atoms with E-state index in [0.717, 1.165) is 12.3 Å². The predicted octanol–water partition coefficient (Wildman–Crippen LogP) is 2.90. The molecule has 8 atom stereocenters. The number of carbonyl (C=O) groups excluding carboxylic acids is 1. The van der Waals surface area contributed by atoms with Gasteiger partial charge < -0.3 is 4.74 Å². The number of carbonyl (C=O) groups is 1. The van der Waals surface area contributed by atoms with Gasteiger partial charge in [-0.1, -0.05) is 6.42 Å². The van der Waals surface area contributed by atoms with Crippen molar-refractivity contribution in [1.82, 2.24) is 0 Å². The van der Waals surface area contributed by atoms with Crippen molar-refractivity contribution in [1.29, 1.82) is 5.26 Å². The molecule has 1 saturated heterocycles. The Balaban J connectivity index is 1.59. The van der Waals surface area contributed by atoms with Crippen molar-refractivity contribution in [3.8, 4) is 6.07 Å². The number of hydrogen-bond donors (Lipinski definition) is 0. The standard InChI is InChI=1S/C17H21NO2/c18-8-17(13-6-9-1-2-10(13)5-9)14-11-3-4-12(7-11)15(14)20-16(17)19/h9-15H,1-7H2. The van der Waals surface area contributed by atoms with Crippen LogP contribution in [-0.2, 0) is 9.53 Å². The lowest BCUT2D eigenvalue weighted by atomic mass is 9.59. The Morgan fingerprint density at radius 3 is 2.55 bits per heavy atom. The molecule has 0 radical (unpaired) electrons. The molecule has 5 rings (SSSR count). The fraction of sp³-hybridized carbons (Fsp3) is 0.882. The summed E-state index contributed by atoms with van der Waals surface area (Å²) in [5.41, 5.74) is -0.773. The van der Waals surface area contributed by atoms with E-state index in [1.165, 1.54) is 38.5 Å². The highest BCUT2D eigenvalue weighted by molar-refractivity contribution is 5.84. The molecule has 106 valence electrons. The van der Waals surface area contributed by atoms with Gasteiger partial charge in [0.1, 0.15) is 6.10 Å². The maximum Gasteiger partial charge on any atom is 0.327 e. The van der Waals surface area contributed by atoms with Gasteiger partial charge in [-0.15, -0.1) is 0 Å². The van der Waals surface area contributed by atoms with Crippen LogP contribution in [0.25, 0.3) is 0 Å². The summed E-state index contributed by atoms with van der Waals surface area (Å²) in [4.78, 5) is 12.7.